The maximum atomic E-state index is 8.60. The molecule has 0 N–H and O–H groups in total. The predicted molar refractivity (Wildman–Crippen MR) is 32.6 cm³/mol. The minimum absolute atomic E-state index is 0. The molecular formula is C5H11N2O3Re-. The van der Waals surface area contributed by atoms with Crippen molar-refractivity contribution in [2.24, 2.45) is 0 Å². The fraction of sp³-hybridized carbons (Fsp3) is 0.600. The van der Waals surface area contributed by atoms with Crippen LogP contribution in [0, 0.1) is 18.8 Å². The number of rotatable bonds is 1. The summed E-state index contributed by atoms with van der Waals surface area (Å²) in [7, 11) is 3.73. The van der Waals surface area contributed by atoms with Crippen molar-refractivity contribution in [2.45, 2.75) is 0 Å². The molecule has 0 radical (unpaired) electrons. The van der Waals surface area contributed by atoms with Crippen LogP contribution in [0.5, 0.6) is 0 Å². The van der Waals surface area contributed by atoms with E-state index in [2.05, 4.69) is 0 Å². The van der Waals surface area contributed by atoms with E-state index in [0.29, 0.717) is 6.54 Å². The van der Waals surface area contributed by atoms with Crippen molar-refractivity contribution in [3.63, 3.8) is 0 Å². The monoisotopic (exact) mass is 334 g/mol. The second kappa shape index (κ2) is 12.2. The Balaban J connectivity index is -0.000000114. The van der Waals surface area contributed by atoms with Gasteiger partial charge in [-0.2, -0.15) is 5.26 Å². The van der Waals surface area contributed by atoms with Gasteiger partial charge < -0.3 is 7.43 Å². The van der Waals surface area contributed by atoms with Crippen LogP contribution in [0.3, 0.4) is 0 Å². The van der Waals surface area contributed by atoms with Crippen LogP contribution in [0.15, 0.2) is 0 Å². The molecule has 0 saturated heterocycles. The Bertz CT molecular complexity index is 193. The molecule has 0 fully saturated rings. The molecule has 0 amide bonds. The van der Waals surface area contributed by atoms with E-state index in [1.807, 2.05) is 25.1 Å². The van der Waals surface area contributed by atoms with Crippen LogP contribution in [-0.4, -0.2) is 25.5 Å². The van der Waals surface area contributed by atoms with Gasteiger partial charge in [-0.25, -0.2) is 0 Å². The molecule has 0 aliphatic heterocycles. The van der Waals surface area contributed by atoms with Crippen LogP contribution in [0.1, 0.15) is 0 Å². The average Bonchev–Trinajstić information content (AvgIpc) is 1.62. The molecule has 5 nitrogen and oxygen atoms in total. The summed E-state index contributed by atoms with van der Waals surface area (Å²) in [6, 6.07) is 1.99. The molecular weight excluding hydrogens is 322 g/mol. The first kappa shape index (κ1) is 16.9. The summed E-state index contributed by atoms with van der Waals surface area (Å²) in [6.45, 7) is 0.514. The Morgan fingerprint density at radius 1 is 1.36 bits per heavy atom. The summed E-state index contributed by atoms with van der Waals surface area (Å²) in [6.07, 6.45) is 0. The molecule has 0 saturated carbocycles. The molecule has 6 heteroatoms. The molecule has 0 unspecified atom stereocenters. The molecule has 67 valence electrons. The Kier molecular flexibility index (Phi) is 18.7. The Morgan fingerprint density at radius 3 is 1.64 bits per heavy atom. The SMILES string of the molecule is CN(C)CC#N.[CH3-].[O]=[Re](=[O])=[O]. The molecule has 0 atom stereocenters. The van der Waals surface area contributed by atoms with E-state index in [0.717, 1.165) is 0 Å². The maximum absolute atomic E-state index is 8.60. The molecule has 0 aliphatic rings. The van der Waals surface area contributed by atoms with Gasteiger partial charge >= 0.3 is 27.0 Å². The fourth-order valence-electron chi connectivity index (χ4n) is 0.141. The van der Waals surface area contributed by atoms with Gasteiger partial charge in [0.2, 0.25) is 0 Å². The Morgan fingerprint density at radius 2 is 1.64 bits per heavy atom. The van der Waals surface area contributed by atoms with E-state index in [4.69, 9.17) is 15.7 Å². The van der Waals surface area contributed by atoms with Gasteiger partial charge in [0.1, 0.15) is 0 Å². The molecule has 0 bridgehead atoms. The summed E-state index contributed by atoms with van der Waals surface area (Å²) in [5, 5.41) is 7.94. The molecule has 0 spiro atoms. The van der Waals surface area contributed by atoms with Crippen molar-refractivity contribution in [1.29, 1.82) is 5.26 Å². The molecule has 0 aliphatic carbocycles. The topological polar surface area (TPSA) is 78.2 Å². The first-order chi connectivity index (χ1) is 4.50. The van der Waals surface area contributed by atoms with Gasteiger partial charge in [0.15, 0.2) is 0 Å². The van der Waals surface area contributed by atoms with Crippen LogP contribution in [0.25, 0.3) is 0 Å². The molecule has 0 aromatic rings. The third-order valence-corrected chi connectivity index (χ3v) is 0.387. The summed E-state index contributed by atoms with van der Waals surface area (Å²) < 4.78 is 25.8. The Labute approximate surface area is 71.8 Å². The second-order valence-corrected chi connectivity index (χ2v) is 2.94. The van der Waals surface area contributed by atoms with Crippen molar-refractivity contribution in [2.75, 3.05) is 20.6 Å². The van der Waals surface area contributed by atoms with E-state index in [-0.39, 0.29) is 7.43 Å². The van der Waals surface area contributed by atoms with Crippen molar-refractivity contribution in [3.05, 3.63) is 7.43 Å². The standard InChI is InChI=1S/C4H8N2.CH3.3O.Re/c1-6(2)4-3-5;;;;;/h4H2,1-2H3;1H3;;;;/q;-1;;;;. The van der Waals surface area contributed by atoms with Crippen LogP contribution < -0.4 is 0 Å². The van der Waals surface area contributed by atoms with Gasteiger partial charge in [0, 0.05) is 0 Å². The molecule has 0 rings (SSSR count). The van der Waals surface area contributed by atoms with Gasteiger partial charge in [-0.3, -0.25) is 4.90 Å². The predicted octanol–water partition coefficient (Wildman–Crippen LogP) is 0.163. The second-order valence-electron chi connectivity index (χ2n) is 1.58. The van der Waals surface area contributed by atoms with E-state index in [1.54, 1.807) is 0 Å². The number of hydrogen-bond acceptors (Lipinski definition) is 5. The van der Waals surface area contributed by atoms with Crippen molar-refractivity contribution in [3.8, 4) is 6.07 Å². The van der Waals surface area contributed by atoms with Crippen molar-refractivity contribution in [1.82, 2.24) is 4.90 Å². The van der Waals surface area contributed by atoms with Gasteiger partial charge in [0.25, 0.3) is 0 Å². The van der Waals surface area contributed by atoms with E-state index < -0.39 is 16.6 Å². The van der Waals surface area contributed by atoms with Crippen molar-refractivity contribution >= 4 is 0 Å². The number of hydrogen-bond donors (Lipinski definition) is 0. The van der Waals surface area contributed by atoms with Crippen molar-refractivity contribution < 1.29 is 27.0 Å². The third kappa shape index (κ3) is 85.1. The van der Waals surface area contributed by atoms with Crippen LogP contribution in [-0.2, 0) is 27.0 Å². The minimum atomic E-state index is -4.21. The van der Waals surface area contributed by atoms with Gasteiger partial charge in [0.05, 0.1) is 12.6 Å². The van der Waals surface area contributed by atoms with Crippen LogP contribution >= 0.6 is 0 Å². The van der Waals surface area contributed by atoms with Gasteiger partial charge in [-0.1, -0.05) is 0 Å². The molecule has 0 heterocycles. The van der Waals surface area contributed by atoms with Crippen LogP contribution in [0.2, 0.25) is 0 Å². The summed E-state index contributed by atoms with van der Waals surface area (Å²) >= 11 is -4.21. The zero-order valence-corrected chi connectivity index (χ0v) is 9.42. The molecule has 0 aromatic carbocycles. The van der Waals surface area contributed by atoms with E-state index in [9.17, 15) is 0 Å². The van der Waals surface area contributed by atoms with Crippen LogP contribution in [0.4, 0.5) is 0 Å². The first-order valence-electron chi connectivity index (χ1n) is 2.25. The zero-order chi connectivity index (χ0) is 8.57. The quantitative estimate of drug-likeness (QED) is 0.505. The zero-order valence-electron chi connectivity index (χ0n) is 6.70. The molecule has 0 aromatic heterocycles. The summed E-state index contributed by atoms with van der Waals surface area (Å²) in [4.78, 5) is 1.82. The summed E-state index contributed by atoms with van der Waals surface area (Å²) in [5.41, 5.74) is 0. The van der Waals surface area contributed by atoms with Gasteiger partial charge in [-0.15, -0.1) is 0 Å². The number of nitriles is 1. The van der Waals surface area contributed by atoms with E-state index >= 15 is 0 Å². The fourth-order valence-corrected chi connectivity index (χ4v) is 0.141. The molecule has 11 heavy (non-hydrogen) atoms. The third-order valence-electron chi connectivity index (χ3n) is 0.387. The van der Waals surface area contributed by atoms with E-state index in [1.165, 1.54) is 0 Å². The first-order valence-corrected chi connectivity index (χ1v) is 5.58. The summed E-state index contributed by atoms with van der Waals surface area (Å²) in [5.74, 6) is 0. The number of nitrogens with zero attached hydrogens (tertiary/aromatic N) is 2. The Hall–Kier alpha value is -0.488. The average molecular weight is 333 g/mol. The normalized spacial score (nSPS) is 6.73. The van der Waals surface area contributed by atoms with Gasteiger partial charge in [-0.05, 0) is 14.1 Å².